The van der Waals surface area contributed by atoms with Crippen LogP contribution in [-0.4, -0.2) is 28.2 Å². The first-order valence-electron chi connectivity index (χ1n) is 7.28. The SMILES string of the molecule is Cc1cccc(-c2noc(CCC3CCCNC3)n2)n1. The van der Waals surface area contributed by atoms with E-state index in [9.17, 15) is 0 Å². The minimum atomic E-state index is 0.588. The van der Waals surface area contributed by atoms with Crippen LogP contribution < -0.4 is 5.32 Å². The fourth-order valence-electron chi connectivity index (χ4n) is 2.63. The highest BCUT2D eigenvalue weighted by Gasteiger charge is 2.15. The van der Waals surface area contributed by atoms with E-state index in [4.69, 9.17) is 4.52 Å². The molecule has 5 nitrogen and oxygen atoms in total. The lowest BCUT2D eigenvalue weighted by Crippen LogP contribution is -2.29. The smallest absolute Gasteiger partial charge is 0.227 e. The second-order valence-corrected chi connectivity index (χ2v) is 5.43. The minimum absolute atomic E-state index is 0.588. The maximum atomic E-state index is 5.33. The third-order valence-corrected chi connectivity index (χ3v) is 3.75. The molecule has 3 rings (SSSR count). The molecule has 0 aliphatic carbocycles. The molecule has 2 aromatic rings. The van der Waals surface area contributed by atoms with E-state index < -0.39 is 0 Å². The Balaban J connectivity index is 1.61. The molecule has 106 valence electrons. The van der Waals surface area contributed by atoms with Gasteiger partial charge in [0.2, 0.25) is 11.7 Å². The molecule has 0 radical (unpaired) electrons. The Kier molecular flexibility index (Phi) is 4.06. The van der Waals surface area contributed by atoms with Crippen LogP contribution in [0.1, 0.15) is 30.8 Å². The third-order valence-electron chi connectivity index (χ3n) is 3.75. The van der Waals surface area contributed by atoms with E-state index in [1.54, 1.807) is 0 Å². The fraction of sp³-hybridized carbons (Fsp3) is 0.533. The van der Waals surface area contributed by atoms with Gasteiger partial charge >= 0.3 is 0 Å². The van der Waals surface area contributed by atoms with Gasteiger partial charge in [-0.15, -0.1) is 0 Å². The van der Waals surface area contributed by atoms with Crippen LogP contribution >= 0.6 is 0 Å². The molecule has 0 aromatic carbocycles. The van der Waals surface area contributed by atoms with Gasteiger partial charge in [-0.1, -0.05) is 11.2 Å². The first-order chi connectivity index (χ1) is 9.81. The van der Waals surface area contributed by atoms with Crippen molar-refractivity contribution < 1.29 is 4.52 Å². The van der Waals surface area contributed by atoms with E-state index in [0.717, 1.165) is 43.2 Å². The van der Waals surface area contributed by atoms with E-state index >= 15 is 0 Å². The number of aryl methyl sites for hydroxylation is 2. The van der Waals surface area contributed by atoms with Gasteiger partial charge < -0.3 is 9.84 Å². The molecule has 3 heterocycles. The summed E-state index contributed by atoms with van der Waals surface area (Å²) in [6, 6.07) is 5.83. The quantitative estimate of drug-likeness (QED) is 0.925. The number of hydrogen-bond donors (Lipinski definition) is 1. The largest absolute Gasteiger partial charge is 0.339 e. The van der Waals surface area contributed by atoms with Gasteiger partial charge in [0.05, 0.1) is 0 Å². The third kappa shape index (κ3) is 3.22. The zero-order valence-corrected chi connectivity index (χ0v) is 11.8. The second kappa shape index (κ2) is 6.13. The number of aromatic nitrogens is 3. The van der Waals surface area contributed by atoms with E-state index in [1.807, 2.05) is 25.1 Å². The van der Waals surface area contributed by atoms with Crippen LogP contribution in [0.3, 0.4) is 0 Å². The van der Waals surface area contributed by atoms with Crippen molar-refractivity contribution >= 4 is 0 Å². The van der Waals surface area contributed by atoms with Gasteiger partial charge in [0.25, 0.3) is 0 Å². The van der Waals surface area contributed by atoms with Crippen molar-refractivity contribution in [2.45, 2.75) is 32.6 Å². The topological polar surface area (TPSA) is 63.8 Å². The van der Waals surface area contributed by atoms with E-state index in [0.29, 0.717) is 11.7 Å². The highest BCUT2D eigenvalue weighted by molar-refractivity contribution is 5.47. The van der Waals surface area contributed by atoms with Gasteiger partial charge in [0.15, 0.2) is 0 Å². The zero-order valence-electron chi connectivity index (χ0n) is 11.8. The molecule has 1 saturated heterocycles. The van der Waals surface area contributed by atoms with E-state index in [-0.39, 0.29) is 0 Å². The highest BCUT2D eigenvalue weighted by atomic mass is 16.5. The van der Waals surface area contributed by atoms with Crippen molar-refractivity contribution in [3.63, 3.8) is 0 Å². The van der Waals surface area contributed by atoms with Crippen LogP contribution in [0.4, 0.5) is 0 Å². The van der Waals surface area contributed by atoms with Crippen LogP contribution in [0, 0.1) is 12.8 Å². The molecule has 1 N–H and O–H groups in total. The molecule has 2 aromatic heterocycles. The molecule has 1 atom stereocenters. The van der Waals surface area contributed by atoms with Crippen molar-refractivity contribution in [3.8, 4) is 11.5 Å². The monoisotopic (exact) mass is 272 g/mol. The Morgan fingerprint density at radius 2 is 2.30 bits per heavy atom. The number of rotatable bonds is 4. The van der Waals surface area contributed by atoms with E-state index in [1.165, 1.54) is 12.8 Å². The Bertz CT molecular complexity index is 561. The number of nitrogens with one attached hydrogen (secondary N) is 1. The second-order valence-electron chi connectivity index (χ2n) is 5.43. The Morgan fingerprint density at radius 3 is 3.10 bits per heavy atom. The van der Waals surface area contributed by atoms with Gasteiger partial charge in [-0.25, -0.2) is 4.98 Å². The molecular weight excluding hydrogens is 252 g/mol. The Hall–Kier alpha value is -1.75. The van der Waals surface area contributed by atoms with Gasteiger partial charge in [0, 0.05) is 12.1 Å². The van der Waals surface area contributed by atoms with Crippen LogP contribution in [0.2, 0.25) is 0 Å². The number of piperidine rings is 1. The molecule has 5 heteroatoms. The highest BCUT2D eigenvalue weighted by Crippen LogP contribution is 2.18. The van der Waals surface area contributed by atoms with Crippen LogP contribution in [0.25, 0.3) is 11.5 Å². The lowest BCUT2D eigenvalue weighted by molar-refractivity contribution is 0.327. The summed E-state index contributed by atoms with van der Waals surface area (Å²) in [4.78, 5) is 8.86. The fourth-order valence-corrected chi connectivity index (χ4v) is 2.63. The van der Waals surface area contributed by atoms with Crippen molar-refractivity contribution in [3.05, 3.63) is 29.8 Å². The molecular formula is C15H20N4O. The Morgan fingerprint density at radius 1 is 1.35 bits per heavy atom. The maximum Gasteiger partial charge on any atom is 0.227 e. The molecule has 0 bridgehead atoms. The van der Waals surface area contributed by atoms with Crippen LogP contribution in [0.15, 0.2) is 22.7 Å². The summed E-state index contributed by atoms with van der Waals surface area (Å²) in [6.45, 7) is 4.22. The summed E-state index contributed by atoms with van der Waals surface area (Å²) < 4.78 is 5.33. The molecule has 20 heavy (non-hydrogen) atoms. The van der Waals surface area contributed by atoms with Gasteiger partial charge in [0.1, 0.15) is 5.69 Å². The summed E-state index contributed by atoms with van der Waals surface area (Å²) in [7, 11) is 0. The van der Waals surface area contributed by atoms with Crippen LogP contribution in [0.5, 0.6) is 0 Å². The first-order valence-corrected chi connectivity index (χ1v) is 7.28. The number of pyridine rings is 1. The average molecular weight is 272 g/mol. The maximum absolute atomic E-state index is 5.33. The average Bonchev–Trinajstić information content (AvgIpc) is 2.95. The standard InChI is InChI=1S/C15H20N4O/c1-11-4-2-6-13(17-11)15-18-14(20-19-15)8-7-12-5-3-9-16-10-12/h2,4,6,12,16H,3,5,7-10H2,1H3. The summed E-state index contributed by atoms with van der Waals surface area (Å²) in [5.74, 6) is 2.04. The van der Waals surface area contributed by atoms with Gasteiger partial charge in [-0.3, -0.25) is 0 Å². The summed E-state index contributed by atoms with van der Waals surface area (Å²) in [5, 5.41) is 7.46. The lowest BCUT2D eigenvalue weighted by Gasteiger charge is -2.21. The molecule has 0 spiro atoms. The molecule has 1 unspecified atom stereocenters. The van der Waals surface area contributed by atoms with Crippen molar-refractivity contribution in [2.24, 2.45) is 5.92 Å². The van der Waals surface area contributed by atoms with Crippen LogP contribution in [-0.2, 0) is 6.42 Å². The molecule has 1 aliphatic rings. The van der Waals surface area contributed by atoms with Crippen molar-refractivity contribution in [1.82, 2.24) is 20.4 Å². The normalized spacial score (nSPS) is 19.1. The Labute approximate surface area is 118 Å². The molecule has 1 aliphatic heterocycles. The summed E-state index contributed by atoms with van der Waals surface area (Å²) in [6.07, 6.45) is 4.53. The molecule has 1 fully saturated rings. The van der Waals surface area contributed by atoms with Gasteiger partial charge in [-0.2, -0.15) is 4.98 Å². The molecule has 0 saturated carbocycles. The zero-order chi connectivity index (χ0) is 13.8. The predicted octanol–water partition coefficient (Wildman–Crippen LogP) is 2.37. The molecule has 0 amide bonds. The number of nitrogens with zero attached hydrogens (tertiary/aromatic N) is 3. The number of hydrogen-bond acceptors (Lipinski definition) is 5. The predicted molar refractivity (Wildman–Crippen MR) is 76.2 cm³/mol. The summed E-state index contributed by atoms with van der Waals surface area (Å²) >= 11 is 0. The van der Waals surface area contributed by atoms with Crippen molar-refractivity contribution in [1.29, 1.82) is 0 Å². The van der Waals surface area contributed by atoms with E-state index in [2.05, 4.69) is 20.4 Å². The van der Waals surface area contributed by atoms with Gasteiger partial charge in [-0.05, 0) is 57.3 Å². The van der Waals surface area contributed by atoms with Crippen molar-refractivity contribution in [2.75, 3.05) is 13.1 Å². The first kappa shape index (κ1) is 13.2. The summed E-state index contributed by atoms with van der Waals surface area (Å²) in [5.41, 5.74) is 1.74. The minimum Gasteiger partial charge on any atom is -0.339 e. The lowest BCUT2D eigenvalue weighted by atomic mass is 9.95.